The minimum Gasteiger partial charge on any atom is -0.496 e. The van der Waals surface area contributed by atoms with E-state index in [1.807, 2.05) is 7.05 Å². The van der Waals surface area contributed by atoms with E-state index in [1.165, 1.54) is 49.7 Å². The van der Waals surface area contributed by atoms with Crippen LogP contribution >= 0.6 is 0 Å². The molecule has 0 saturated carbocycles. The van der Waals surface area contributed by atoms with Crippen LogP contribution in [0.25, 0.3) is 0 Å². The van der Waals surface area contributed by atoms with Gasteiger partial charge in [-0.15, -0.1) is 0 Å². The Hall–Kier alpha value is -1.02. The monoisotopic (exact) mass is 263 g/mol. The number of rotatable bonds is 9. The molecule has 2 heteroatoms. The number of unbranched alkanes of at least 4 members (excludes halogenated alkanes) is 4. The third-order valence-electron chi connectivity index (χ3n) is 3.71. The van der Waals surface area contributed by atoms with Gasteiger partial charge < -0.3 is 10.1 Å². The fraction of sp³-hybridized carbons (Fsp3) is 0.647. The van der Waals surface area contributed by atoms with Crippen LogP contribution in [0.5, 0.6) is 5.75 Å². The first kappa shape index (κ1) is 16.0. The Labute approximate surface area is 118 Å². The molecule has 1 N–H and O–H groups in total. The first-order valence-corrected chi connectivity index (χ1v) is 7.54. The van der Waals surface area contributed by atoms with E-state index in [1.54, 1.807) is 7.11 Å². The van der Waals surface area contributed by atoms with Crippen LogP contribution in [0.1, 0.15) is 62.6 Å². The van der Waals surface area contributed by atoms with Gasteiger partial charge in [0.25, 0.3) is 0 Å². The Morgan fingerprint density at radius 1 is 1.16 bits per heavy atom. The number of aryl methyl sites for hydroxylation is 1. The van der Waals surface area contributed by atoms with E-state index >= 15 is 0 Å². The first-order valence-electron chi connectivity index (χ1n) is 7.54. The van der Waals surface area contributed by atoms with Crippen LogP contribution in [0.2, 0.25) is 0 Å². The Morgan fingerprint density at radius 2 is 1.89 bits per heavy atom. The van der Waals surface area contributed by atoms with Gasteiger partial charge in [0.1, 0.15) is 5.75 Å². The standard InChI is InChI=1S/C17H29NO/c1-5-6-7-8-9-10-16(18-3)15-13-14(2)11-12-17(15)19-4/h11-13,16,18H,5-10H2,1-4H3. The zero-order valence-corrected chi connectivity index (χ0v) is 13.0. The molecule has 0 saturated heterocycles. The van der Waals surface area contributed by atoms with Crippen LogP contribution < -0.4 is 10.1 Å². The van der Waals surface area contributed by atoms with E-state index in [9.17, 15) is 0 Å². The van der Waals surface area contributed by atoms with Crippen LogP contribution in [0.3, 0.4) is 0 Å². The maximum Gasteiger partial charge on any atom is 0.123 e. The lowest BCUT2D eigenvalue weighted by Crippen LogP contribution is -2.17. The smallest absolute Gasteiger partial charge is 0.123 e. The van der Waals surface area contributed by atoms with Crippen molar-refractivity contribution in [2.24, 2.45) is 0 Å². The molecule has 0 radical (unpaired) electrons. The number of benzene rings is 1. The average Bonchev–Trinajstić information content (AvgIpc) is 2.43. The molecule has 0 aliphatic carbocycles. The fourth-order valence-corrected chi connectivity index (χ4v) is 2.53. The van der Waals surface area contributed by atoms with Gasteiger partial charge in [0, 0.05) is 11.6 Å². The van der Waals surface area contributed by atoms with E-state index in [-0.39, 0.29) is 0 Å². The summed E-state index contributed by atoms with van der Waals surface area (Å²) in [5.74, 6) is 0.999. The van der Waals surface area contributed by atoms with Crippen molar-refractivity contribution in [2.45, 2.75) is 58.4 Å². The van der Waals surface area contributed by atoms with Gasteiger partial charge in [-0.3, -0.25) is 0 Å². The molecule has 0 aliphatic heterocycles. The van der Waals surface area contributed by atoms with E-state index in [0.29, 0.717) is 6.04 Å². The van der Waals surface area contributed by atoms with Crippen LogP contribution in [0, 0.1) is 6.92 Å². The molecule has 0 aromatic heterocycles. The molecule has 1 aromatic rings. The lowest BCUT2D eigenvalue weighted by molar-refractivity contribution is 0.396. The molecule has 1 atom stereocenters. The quantitative estimate of drug-likeness (QED) is 0.656. The third kappa shape index (κ3) is 5.23. The topological polar surface area (TPSA) is 21.3 Å². The van der Waals surface area contributed by atoms with Crippen molar-refractivity contribution in [3.63, 3.8) is 0 Å². The third-order valence-corrected chi connectivity index (χ3v) is 3.71. The van der Waals surface area contributed by atoms with Crippen LogP contribution in [-0.4, -0.2) is 14.2 Å². The van der Waals surface area contributed by atoms with Crippen molar-refractivity contribution in [3.8, 4) is 5.75 Å². The molecule has 2 nitrogen and oxygen atoms in total. The lowest BCUT2D eigenvalue weighted by atomic mass is 9.97. The molecule has 1 rings (SSSR count). The van der Waals surface area contributed by atoms with Gasteiger partial charge in [0.05, 0.1) is 7.11 Å². The molecular formula is C17H29NO. The molecule has 0 fully saturated rings. The summed E-state index contributed by atoms with van der Waals surface area (Å²) in [6.07, 6.45) is 7.82. The highest BCUT2D eigenvalue weighted by molar-refractivity contribution is 5.39. The van der Waals surface area contributed by atoms with Gasteiger partial charge in [-0.2, -0.15) is 0 Å². The molecule has 0 heterocycles. The second-order valence-electron chi connectivity index (χ2n) is 5.29. The van der Waals surface area contributed by atoms with Crippen LogP contribution in [-0.2, 0) is 0 Å². The second kappa shape index (κ2) is 8.98. The van der Waals surface area contributed by atoms with Crippen molar-refractivity contribution >= 4 is 0 Å². The highest BCUT2D eigenvalue weighted by atomic mass is 16.5. The maximum atomic E-state index is 5.49. The van der Waals surface area contributed by atoms with Crippen molar-refractivity contribution in [2.75, 3.05) is 14.2 Å². The summed E-state index contributed by atoms with van der Waals surface area (Å²) in [7, 11) is 3.79. The number of hydrogen-bond acceptors (Lipinski definition) is 2. The molecule has 1 aromatic carbocycles. The van der Waals surface area contributed by atoms with Gasteiger partial charge in [-0.1, -0.05) is 56.7 Å². The zero-order valence-electron chi connectivity index (χ0n) is 13.0. The summed E-state index contributed by atoms with van der Waals surface area (Å²) in [5.41, 5.74) is 2.59. The van der Waals surface area contributed by atoms with Gasteiger partial charge in [0.2, 0.25) is 0 Å². The molecule has 0 amide bonds. The molecule has 0 spiro atoms. The average molecular weight is 263 g/mol. The first-order chi connectivity index (χ1) is 9.22. The highest BCUT2D eigenvalue weighted by Gasteiger charge is 2.14. The Bertz CT molecular complexity index is 362. The molecule has 19 heavy (non-hydrogen) atoms. The van der Waals surface area contributed by atoms with E-state index in [0.717, 1.165) is 5.75 Å². The summed E-state index contributed by atoms with van der Waals surface area (Å²) in [5, 5.41) is 3.43. The number of methoxy groups -OCH3 is 1. The fourth-order valence-electron chi connectivity index (χ4n) is 2.53. The minimum atomic E-state index is 0.400. The molecular weight excluding hydrogens is 234 g/mol. The highest BCUT2D eigenvalue weighted by Crippen LogP contribution is 2.29. The summed E-state index contributed by atoms with van der Waals surface area (Å²) >= 11 is 0. The van der Waals surface area contributed by atoms with Gasteiger partial charge in [-0.25, -0.2) is 0 Å². The van der Waals surface area contributed by atoms with Crippen LogP contribution in [0.15, 0.2) is 18.2 Å². The van der Waals surface area contributed by atoms with E-state index in [4.69, 9.17) is 4.74 Å². The zero-order chi connectivity index (χ0) is 14.1. The SMILES string of the molecule is CCCCCCCC(NC)c1cc(C)ccc1OC. The molecule has 1 unspecified atom stereocenters. The van der Waals surface area contributed by atoms with Crippen molar-refractivity contribution in [1.29, 1.82) is 0 Å². The van der Waals surface area contributed by atoms with Gasteiger partial charge >= 0.3 is 0 Å². The normalized spacial score (nSPS) is 12.4. The number of nitrogens with one attached hydrogen (secondary N) is 1. The van der Waals surface area contributed by atoms with Gasteiger partial charge in [-0.05, 0) is 26.5 Å². The second-order valence-corrected chi connectivity index (χ2v) is 5.29. The minimum absolute atomic E-state index is 0.400. The lowest BCUT2D eigenvalue weighted by Gasteiger charge is -2.20. The Balaban J connectivity index is 2.60. The largest absolute Gasteiger partial charge is 0.496 e. The summed E-state index contributed by atoms with van der Waals surface area (Å²) in [4.78, 5) is 0. The maximum absolute atomic E-state index is 5.49. The Kier molecular flexibility index (Phi) is 7.57. The van der Waals surface area contributed by atoms with Crippen molar-refractivity contribution in [1.82, 2.24) is 5.32 Å². The number of ether oxygens (including phenoxy) is 1. The Morgan fingerprint density at radius 3 is 2.53 bits per heavy atom. The molecule has 0 aliphatic rings. The van der Waals surface area contributed by atoms with Crippen molar-refractivity contribution in [3.05, 3.63) is 29.3 Å². The molecule has 108 valence electrons. The van der Waals surface area contributed by atoms with E-state index in [2.05, 4.69) is 37.4 Å². The van der Waals surface area contributed by atoms with Crippen LogP contribution in [0.4, 0.5) is 0 Å². The predicted octanol–water partition coefficient (Wildman–Crippen LogP) is 4.62. The predicted molar refractivity (Wildman–Crippen MR) is 82.9 cm³/mol. The van der Waals surface area contributed by atoms with Crippen molar-refractivity contribution < 1.29 is 4.74 Å². The number of hydrogen-bond donors (Lipinski definition) is 1. The van der Waals surface area contributed by atoms with Gasteiger partial charge in [0.15, 0.2) is 0 Å². The summed E-state index contributed by atoms with van der Waals surface area (Å²) in [6, 6.07) is 6.82. The summed E-state index contributed by atoms with van der Waals surface area (Å²) < 4.78 is 5.49. The van der Waals surface area contributed by atoms with E-state index < -0.39 is 0 Å². The molecule has 0 bridgehead atoms. The summed E-state index contributed by atoms with van der Waals surface area (Å²) in [6.45, 7) is 4.39.